The molecule has 3 aliphatic rings. The molecule has 2 aromatic rings. The molecule has 12 N–H and O–H groups in total. The number of esters is 1. The molecule has 75 heavy (non-hydrogen) atoms. The Morgan fingerprint density at radius 1 is 0.680 bits per heavy atom. The van der Waals surface area contributed by atoms with Gasteiger partial charge in [-0.25, -0.2) is 4.79 Å². The summed E-state index contributed by atoms with van der Waals surface area (Å²) in [7, 11) is 0. The van der Waals surface area contributed by atoms with E-state index in [0.29, 0.717) is 25.7 Å². The van der Waals surface area contributed by atoms with E-state index in [4.69, 9.17) is 10.5 Å². The van der Waals surface area contributed by atoms with Crippen LogP contribution in [0.4, 0.5) is 0 Å². The summed E-state index contributed by atoms with van der Waals surface area (Å²) in [4.78, 5) is 132. The van der Waals surface area contributed by atoms with E-state index in [9.17, 15) is 68.4 Å². The summed E-state index contributed by atoms with van der Waals surface area (Å²) in [6.07, 6.45) is 1.05. The minimum atomic E-state index is -1.67. The highest BCUT2D eigenvalue weighted by molar-refractivity contribution is 5.98. The minimum absolute atomic E-state index is 0.0439. The molecule has 1 saturated heterocycles. The van der Waals surface area contributed by atoms with Gasteiger partial charge in [0.25, 0.3) is 0 Å². The third-order valence-electron chi connectivity index (χ3n) is 13.8. The average Bonchev–Trinajstić information content (AvgIpc) is 3.94. The van der Waals surface area contributed by atoms with Crippen LogP contribution in [-0.2, 0) is 52.7 Å². The number of hydrogen-bond acceptors (Lipinski definition) is 14. The molecule has 0 radical (unpaired) electrons. The maximum Gasteiger partial charge on any atom is 0.326 e. The first-order valence-electron chi connectivity index (χ1n) is 25.6. The number of carbonyl (C=O) groups excluding carboxylic acids is 9. The lowest BCUT2D eigenvalue weighted by atomic mass is 9.83. The molecule has 8 amide bonds. The maximum atomic E-state index is 14.1. The molecule has 8 atom stereocenters. The number of carboxylic acids is 1. The molecule has 2 aliphatic carbocycles. The number of carbonyl (C=O) groups is 10. The van der Waals surface area contributed by atoms with Crippen molar-refractivity contribution in [2.24, 2.45) is 17.6 Å². The van der Waals surface area contributed by atoms with Gasteiger partial charge in [0, 0.05) is 38.1 Å². The van der Waals surface area contributed by atoms with Crippen molar-refractivity contribution in [2.45, 2.75) is 152 Å². The molecule has 410 valence electrons. The van der Waals surface area contributed by atoms with Gasteiger partial charge in [-0.2, -0.15) is 0 Å². The lowest BCUT2D eigenvalue weighted by molar-refractivity contribution is -0.145. The average molecular weight is 1050 g/mol. The van der Waals surface area contributed by atoms with Crippen LogP contribution in [0.15, 0.2) is 48.5 Å². The number of aliphatic hydroxyl groups is 3. The normalized spacial score (nSPS) is 18.7. The molecule has 23 heteroatoms. The summed E-state index contributed by atoms with van der Waals surface area (Å²) < 4.78 is 5.65. The van der Waals surface area contributed by atoms with Crippen LogP contribution in [0.3, 0.4) is 0 Å². The first-order valence-corrected chi connectivity index (χ1v) is 25.6. The smallest absolute Gasteiger partial charge is 0.326 e. The number of likely N-dealkylation sites (tertiary alicyclic amines) is 1. The van der Waals surface area contributed by atoms with Crippen molar-refractivity contribution >= 4 is 59.2 Å². The van der Waals surface area contributed by atoms with Crippen LogP contribution in [-0.4, -0.2) is 159 Å². The van der Waals surface area contributed by atoms with Crippen molar-refractivity contribution in [1.82, 2.24) is 36.8 Å². The Morgan fingerprint density at radius 3 is 1.80 bits per heavy atom. The summed E-state index contributed by atoms with van der Waals surface area (Å²) in [5, 5.41) is 54.8. The van der Waals surface area contributed by atoms with Gasteiger partial charge in [-0.3, -0.25) is 43.2 Å². The Balaban J connectivity index is 1.15. The molecule has 2 aromatic carbocycles. The summed E-state index contributed by atoms with van der Waals surface area (Å²) in [5.74, 6) is -9.63. The van der Waals surface area contributed by atoms with E-state index < -0.39 is 133 Å². The fourth-order valence-electron chi connectivity index (χ4n) is 9.79. The minimum Gasteiger partial charge on any atom is -0.480 e. The number of ether oxygens (including phenoxy) is 1. The summed E-state index contributed by atoms with van der Waals surface area (Å²) in [6, 6.07) is 5.72. The molecule has 5 rings (SSSR count). The van der Waals surface area contributed by atoms with Gasteiger partial charge in [-0.15, -0.1) is 0 Å². The van der Waals surface area contributed by atoms with Crippen molar-refractivity contribution in [1.29, 1.82) is 0 Å². The molecule has 0 spiro atoms. The molecule has 2 fully saturated rings. The van der Waals surface area contributed by atoms with Gasteiger partial charge in [0.2, 0.25) is 47.3 Å². The van der Waals surface area contributed by atoms with Gasteiger partial charge in [-0.1, -0.05) is 81.6 Å². The van der Waals surface area contributed by atoms with Crippen molar-refractivity contribution in [3.63, 3.8) is 0 Å². The first-order chi connectivity index (χ1) is 35.7. The Hall–Kier alpha value is -6.98. The zero-order valence-electron chi connectivity index (χ0n) is 42.6. The van der Waals surface area contributed by atoms with E-state index in [1.54, 1.807) is 13.8 Å². The summed E-state index contributed by atoms with van der Waals surface area (Å²) >= 11 is 0. The molecule has 1 heterocycles. The van der Waals surface area contributed by atoms with Crippen molar-refractivity contribution < 1.29 is 73.1 Å². The van der Waals surface area contributed by atoms with Crippen LogP contribution >= 0.6 is 0 Å². The summed E-state index contributed by atoms with van der Waals surface area (Å²) in [6.45, 7) is 2.79. The number of primary amides is 1. The topological polar surface area (TPSA) is 362 Å². The quantitative estimate of drug-likeness (QED) is 0.0496. The lowest BCUT2D eigenvalue weighted by Crippen LogP contribution is -2.61. The fraction of sp³-hybridized carbons (Fsp3) is 0.577. The van der Waals surface area contributed by atoms with Gasteiger partial charge >= 0.3 is 11.9 Å². The van der Waals surface area contributed by atoms with Crippen LogP contribution in [0.1, 0.15) is 115 Å². The Kier molecular flexibility index (Phi) is 22.0. The number of fused-ring (bicyclic) bond motifs is 3. The van der Waals surface area contributed by atoms with E-state index in [1.807, 2.05) is 48.5 Å². The molecular formula is C52H72N8O15. The number of carboxylic acid groups (broad SMARTS) is 1. The van der Waals surface area contributed by atoms with Gasteiger partial charge in [0.05, 0.1) is 19.3 Å². The molecule has 1 saturated carbocycles. The highest BCUT2D eigenvalue weighted by atomic mass is 16.5. The molecule has 0 aromatic heterocycles. The number of amides is 8. The summed E-state index contributed by atoms with van der Waals surface area (Å²) in [5.41, 5.74) is 9.63. The van der Waals surface area contributed by atoms with Crippen LogP contribution in [0, 0.1) is 11.8 Å². The number of nitrogens with zero attached hydrogens (tertiary/aromatic N) is 1. The van der Waals surface area contributed by atoms with E-state index in [1.165, 1.54) is 11.8 Å². The van der Waals surface area contributed by atoms with Gasteiger partial charge in [0.15, 0.2) is 0 Å². The van der Waals surface area contributed by atoms with Crippen molar-refractivity contribution in [3.05, 3.63) is 59.7 Å². The monoisotopic (exact) mass is 1050 g/mol. The zero-order valence-corrected chi connectivity index (χ0v) is 42.6. The molecule has 23 nitrogen and oxygen atoms in total. The van der Waals surface area contributed by atoms with Crippen LogP contribution in [0.25, 0.3) is 11.1 Å². The standard InChI is InChI=1S/C52H72N8O15/c1-28(2)22-38(52(73)74)56-48(69)39(25-61)58-47(68)37(20-21-42(53)64)55-51(72)45(30-12-5-4-6-13-30)59-49(70)40(26-62)57-46(67)29(3)54-50(71)41-23-31(63)24-60(41)43(65)18-11-19-44(66)75-27-36-34-16-9-7-14-32(34)33-15-8-10-17-35(33)36/h7-10,14-17,28-31,36-41,45,61-63H,4-6,11-13,18-27H2,1-3H3,(H2,53,64)(H,54,71)(H,55,72)(H,56,69)(H,57,67)(H,58,68)(H,59,70)(H,73,74)/t29-,31+,37-,38-,39-,40-,41?,45-/m0/s1. The maximum absolute atomic E-state index is 14.1. The molecule has 1 aliphatic heterocycles. The number of aliphatic hydroxyl groups excluding tert-OH is 3. The van der Waals surface area contributed by atoms with Crippen molar-refractivity contribution in [2.75, 3.05) is 26.4 Å². The van der Waals surface area contributed by atoms with Crippen LogP contribution in [0.5, 0.6) is 0 Å². The number of rotatable bonds is 27. The highest BCUT2D eigenvalue weighted by Crippen LogP contribution is 2.44. The second-order valence-electron chi connectivity index (χ2n) is 19.9. The molecule has 0 bridgehead atoms. The third-order valence-corrected chi connectivity index (χ3v) is 13.8. The lowest BCUT2D eigenvalue weighted by Gasteiger charge is -2.32. The predicted octanol–water partition coefficient (Wildman–Crippen LogP) is -0.636. The van der Waals surface area contributed by atoms with Crippen molar-refractivity contribution in [3.8, 4) is 11.1 Å². The third kappa shape index (κ3) is 16.5. The van der Waals surface area contributed by atoms with Crippen LogP contribution in [0.2, 0.25) is 0 Å². The van der Waals surface area contributed by atoms with E-state index in [-0.39, 0.29) is 63.5 Å². The second kappa shape index (κ2) is 28.1. The van der Waals surface area contributed by atoms with Gasteiger partial charge < -0.3 is 67.7 Å². The fourth-order valence-corrected chi connectivity index (χ4v) is 9.79. The van der Waals surface area contributed by atoms with E-state index in [0.717, 1.165) is 28.7 Å². The number of aliphatic carboxylic acids is 1. The second-order valence-corrected chi connectivity index (χ2v) is 19.9. The Labute approximate surface area is 434 Å². The Morgan fingerprint density at radius 2 is 1.23 bits per heavy atom. The number of β-amino-alcohol motifs (C(OH)–C–C–N with tert-alkyl or cyclic N) is 1. The SMILES string of the molecule is CC(C)C[C@H](NC(=O)[C@H](CO)NC(=O)[C@H](CCC(N)=O)NC(=O)[C@@H](NC(=O)[C@H](CO)NC(=O)[C@H](C)NC(=O)C1C[C@@H](O)CN1C(=O)CCCC(=O)OCC1c2ccccc2-c2ccccc21)C1CCCCC1)C(=O)O. The molecule has 1 unspecified atom stereocenters. The van der Waals surface area contributed by atoms with Gasteiger partial charge in [-0.05, 0) is 73.1 Å². The number of nitrogens with two attached hydrogens (primary N) is 1. The highest BCUT2D eigenvalue weighted by Gasteiger charge is 2.41. The van der Waals surface area contributed by atoms with Gasteiger partial charge in [0.1, 0.15) is 48.9 Å². The first kappa shape index (κ1) is 58.9. The zero-order chi connectivity index (χ0) is 54.9. The largest absolute Gasteiger partial charge is 0.480 e. The number of nitrogens with one attached hydrogen (secondary N) is 6. The van der Waals surface area contributed by atoms with E-state index in [2.05, 4.69) is 31.9 Å². The molecular weight excluding hydrogens is 977 g/mol. The predicted molar refractivity (Wildman–Crippen MR) is 268 cm³/mol. The van der Waals surface area contributed by atoms with Crippen LogP contribution < -0.4 is 37.6 Å². The Bertz CT molecular complexity index is 2350. The van der Waals surface area contributed by atoms with E-state index >= 15 is 0 Å². The number of benzene rings is 2. The number of hydrogen-bond donors (Lipinski definition) is 11.